The smallest absolute Gasteiger partial charge is 0.231 e. The van der Waals surface area contributed by atoms with Gasteiger partial charge in [0.25, 0.3) is 0 Å². The van der Waals surface area contributed by atoms with Crippen molar-refractivity contribution in [2.24, 2.45) is 5.92 Å². The Balaban J connectivity index is 1.59. The van der Waals surface area contributed by atoms with Gasteiger partial charge in [-0.3, -0.25) is 0 Å². The van der Waals surface area contributed by atoms with Gasteiger partial charge in [0.05, 0.1) is 28.4 Å². The average Bonchev–Trinajstić information content (AvgIpc) is 3.35. The van der Waals surface area contributed by atoms with Crippen LogP contribution in [0, 0.1) is 5.92 Å². The lowest BCUT2D eigenvalue weighted by atomic mass is 9.78. The van der Waals surface area contributed by atoms with Crippen LogP contribution in [0.25, 0.3) is 0 Å². The van der Waals surface area contributed by atoms with E-state index in [2.05, 4.69) is 12.2 Å². The van der Waals surface area contributed by atoms with Gasteiger partial charge in [0.15, 0.2) is 29.2 Å². The molecule has 0 aromatic heterocycles. The van der Waals surface area contributed by atoms with E-state index in [1.165, 1.54) is 0 Å². The normalized spacial score (nSPS) is 19.9. The first-order valence-corrected chi connectivity index (χ1v) is 11.4. The second-order valence-electron chi connectivity index (χ2n) is 8.45. The third kappa shape index (κ3) is 4.09. The first kappa shape index (κ1) is 22.8. The molecule has 0 bridgehead atoms. The first-order chi connectivity index (χ1) is 17.1. The summed E-state index contributed by atoms with van der Waals surface area (Å²) in [4.78, 5) is 0. The zero-order chi connectivity index (χ0) is 24.5. The van der Waals surface area contributed by atoms with E-state index in [0.717, 1.165) is 28.3 Å². The number of nitrogens with one attached hydrogen (secondary N) is 1. The van der Waals surface area contributed by atoms with Crippen molar-refractivity contribution in [1.29, 1.82) is 0 Å². The Morgan fingerprint density at radius 3 is 2.03 bits per heavy atom. The predicted molar refractivity (Wildman–Crippen MR) is 131 cm³/mol. The molecule has 0 unspecified atom stereocenters. The molecule has 3 aromatic rings. The number of methoxy groups -OCH3 is 4. The third-order valence-electron chi connectivity index (χ3n) is 6.54. The Kier molecular flexibility index (Phi) is 6.11. The predicted octanol–water partition coefficient (Wildman–Crippen LogP) is 5.05. The maximum absolute atomic E-state index is 6.47. The highest BCUT2D eigenvalue weighted by Crippen LogP contribution is 2.51. The van der Waals surface area contributed by atoms with Crippen LogP contribution in [0.15, 0.2) is 48.5 Å². The van der Waals surface area contributed by atoms with Gasteiger partial charge in [-0.15, -0.1) is 0 Å². The summed E-state index contributed by atoms with van der Waals surface area (Å²) < 4.78 is 39.9. The number of anilines is 1. The maximum Gasteiger partial charge on any atom is 0.231 e. The highest BCUT2D eigenvalue weighted by Gasteiger charge is 2.39. The van der Waals surface area contributed by atoms with Crippen LogP contribution in [0.3, 0.4) is 0 Å². The SMILES string of the molecule is COc1ccc(N[C@H]2Oc3cc4c(cc3[C@H](c3cc(OC)c(OC)c(OC)c3)[C@H]2C)OCO4)cc1. The molecule has 2 heterocycles. The molecular formula is C27H29NO7. The molecule has 8 nitrogen and oxygen atoms in total. The summed E-state index contributed by atoms with van der Waals surface area (Å²) in [6.07, 6.45) is -0.319. The Labute approximate surface area is 204 Å². The molecule has 2 aliphatic heterocycles. The molecule has 0 saturated heterocycles. The summed E-state index contributed by atoms with van der Waals surface area (Å²) in [6, 6.07) is 15.7. The van der Waals surface area contributed by atoms with Crippen molar-refractivity contribution in [2.45, 2.75) is 19.1 Å². The van der Waals surface area contributed by atoms with E-state index in [1.807, 2.05) is 48.5 Å². The molecule has 0 aliphatic carbocycles. The van der Waals surface area contributed by atoms with Gasteiger partial charge in [-0.1, -0.05) is 6.92 Å². The van der Waals surface area contributed by atoms with Gasteiger partial charge in [0.1, 0.15) is 11.5 Å². The summed E-state index contributed by atoms with van der Waals surface area (Å²) in [5.41, 5.74) is 2.94. The van der Waals surface area contributed by atoms with E-state index in [4.69, 9.17) is 33.2 Å². The summed E-state index contributed by atoms with van der Waals surface area (Å²) in [6.45, 7) is 2.35. The number of ether oxygens (including phenoxy) is 7. The minimum absolute atomic E-state index is 0.0211. The van der Waals surface area contributed by atoms with Crippen LogP contribution in [-0.4, -0.2) is 41.5 Å². The number of fused-ring (bicyclic) bond motifs is 2. The molecule has 3 aromatic carbocycles. The summed E-state index contributed by atoms with van der Waals surface area (Å²) in [5, 5.41) is 3.53. The third-order valence-corrected chi connectivity index (χ3v) is 6.54. The van der Waals surface area contributed by atoms with Crippen molar-refractivity contribution in [1.82, 2.24) is 0 Å². The van der Waals surface area contributed by atoms with E-state index >= 15 is 0 Å². The molecule has 184 valence electrons. The number of rotatable bonds is 7. The van der Waals surface area contributed by atoms with Crippen LogP contribution < -0.4 is 38.5 Å². The van der Waals surface area contributed by atoms with Crippen LogP contribution >= 0.6 is 0 Å². The molecule has 8 heteroatoms. The zero-order valence-corrected chi connectivity index (χ0v) is 20.4. The highest BCUT2D eigenvalue weighted by atomic mass is 16.7. The van der Waals surface area contributed by atoms with Crippen LogP contribution in [0.2, 0.25) is 0 Å². The Morgan fingerprint density at radius 2 is 1.43 bits per heavy atom. The summed E-state index contributed by atoms with van der Waals surface area (Å²) in [5.74, 6) is 4.62. The number of hydrogen-bond acceptors (Lipinski definition) is 8. The van der Waals surface area contributed by atoms with Crippen LogP contribution in [0.1, 0.15) is 24.0 Å². The Hall–Kier alpha value is -3.94. The van der Waals surface area contributed by atoms with Crippen molar-refractivity contribution >= 4 is 5.69 Å². The molecule has 0 fully saturated rings. The van der Waals surface area contributed by atoms with Gasteiger partial charge in [0, 0.05) is 29.2 Å². The van der Waals surface area contributed by atoms with Crippen molar-refractivity contribution in [3.63, 3.8) is 0 Å². The number of hydrogen-bond donors (Lipinski definition) is 1. The summed E-state index contributed by atoms with van der Waals surface area (Å²) in [7, 11) is 6.49. The molecule has 0 amide bonds. The Bertz CT molecular complexity index is 1190. The molecule has 0 radical (unpaired) electrons. The van der Waals surface area contributed by atoms with Gasteiger partial charge < -0.3 is 38.5 Å². The highest BCUT2D eigenvalue weighted by molar-refractivity contribution is 5.60. The second kappa shape index (κ2) is 9.37. The van der Waals surface area contributed by atoms with E-state index in [9.17, 15) is 0 Å². The molecule has 0 spiro atoms. The lowest BCUT2D eigenvalue weighted by molar-refractivity contribution is 0.134. The van der Waals surface area contributed by atoms with Gasteiger partial charge >= 0.3 is 0 Å². The largest absolute Gasteiger partial charge is 0.497 e. The van der Waals surface area contributed by atoms with Gasteiger partial charge in [-0.05, 0) is 48.0 Å². The van der Waals surface area contributed by atoms with E-state index in [-0.39, 0.29) is 24.9 Å². The minimum Gasteiger partial charge on any atom is -0.497 e. The van der Waals surface area contributed by atoms with Crippen molar-refractivity contribution < 1.29 is 33.2 Å². The fraction of sp³-hybridized carbons (Fsp3) is 0.333. The minimum atomic E-state index is -0.319. The van der Waals surface area contributed by atoms with Crippen molar-refractivity contribution in [3.05, 3.63) is 59.7 Å². The second-order valence-corrected chi connectivity index (χ2v) is 8.45. The molecule has 2 aliphatic rings. The monoisotopic (exact) mass is 479 g/mol. The summed E-state index contributed by atoms with van der Waals surface area (Å²) >= 11 is 0. The molecule has 0 saturated carbocycles. The molecular weight excluding hydrogens is 450 g/mol. The Morgan fingerprint density at radius 1 is 0.771 bits per heavy atom. The number of benzene rings is 3. The van der Waals surface area contributed by atoms with Crippen LogP contribution in [0.5, 0.6) is 40.2 Å². The quantitative estimate of drug-likeness (QED) is 0.505. The van der Waals surface area contributed by atoms with Crippen LogP contribution in [0.4, 0.5) is 5.69 Å². The zero-order valence-electron chi connectivity index (χ0n) is 20.4. The molecule has 1 N–H and O–H groups in total. The fourth-order valence-electron chi connectivity index (χ4n) is 4.76. The van der Waals surface area contributed by atoms with E-state index in [1.54, 1.807) is 28.4 Å². The maximum atomic E-state index is 6.47. The standard InChI is InChI=1S/C27H29NO7/c1-15-25(16-10-23(30-3)26(32-5)24(11-16)31-4)19-12-21-22(34-14-33-21)13-20(19)35-27(15)28-17-6-8-18(29-2)9-7-17/h6-13,15,25,27-28H,14H2,1-5H3/t15-,25+,27+/m1/s1. The van der Waals surface area contributed by atoms with Gasteiger partial charge in [0.2, 0.25) is 12.5 Å². The topological polar surface area (TPSA) is 76.6 Å². The van der Waals surface area contributed by atoms with Crippen molar-refractivity contribution in [3.8, 4) is 40.2 Å². The lowest BCUT2D eigenvalue weighted by Crippen LogP contribution is -2.40. The lowest BCUT2D eigenvalue weighted by Gasteiger charge is -2.39. The first-order valence-electron chi connectivity index (χ1n) is 11.4. The van der Waals surface area contributed by atoms with Crippen LogP contribution in [-0.2, 0) is 0 Å². The van der Waals surface area contributed by atoms with E-state index in [0.29, 0.717) is 28.7 Å². The average molecular weight is 480 g/mol. The molecule has 5 rings (SSSR count). The van der Waals surface area contributed by atoms with Gasteiger partial charge in [-0.25, -0.2) is 0 Å². The molecule has 3 atom stereocenters. The van der Waals surface area contributed by atoms with Gasteiger partial charge in [-0.2, -0.15) is 0 Å². The molecule has 35 heavy (non-hydrogen) atoms. The van der Waals surface area contributed by atoms with Crippen molar-refractivity contribution in [2.75, 3.05) is 40.5 Å². The van der Waals surface area contributed by atoms with E-state index < -0.39 is 0 Å². The fourth-order valence-corrected chi connectivity index (χ4v) is 4.76.